The average molecular weight is 431 g/mol. The Morgan fingerprint density at radius 1 is 1.17 bits per heavy atom. The maximum Gasteiger partial charge on any atom is 0.226 e. The van der Waals surface area contributed by atoms with Crippen molar-refractivity contribution in [2.24, 2.45) is 0 Å². The number of hydrogen-bond donors (Lipinski definition) is 1. The second kappa shape index (κ2) is 10.2. The number of aromatic nitrogens is 2. The number of amides is 1. The molecule has 1 heterocycles. The summed E-state index contributed by atoms with van der Waals surface area (Å²) in [5.41, 5.74) is 1.11. The minimum atomic E-state index is -0.459. The third-order valence-corrected chi connectivity index (χ3v) is 5.62. The van der Waals surface area contributed by atoms with Crippen molar-refractivity contribution in [2.45, 2.75) is 39.2 Å². The number of nitrogens with one attached hydrogen (secondary N) is 1. The number of nitrogens with zero attached hydrogens (tertiary/aromatic N) is 3. The van der Waals surface area contributed by atoms with Gasteiger partial charge in [-0.2, -0.15) is 4.37 Å². The molecular weight excluding hydrogens is 406 g/mol. The number of benzene rings is 2. The van der Waals surface area contributed by atoms with Crippen molar-refractivity contribution in [3.63, 3.8) is 0 Å². The largest absolute Gasteiger partial charge is 0.344 e. The monoisotopic (exact) mass is 430 g/mol. The zero-order valence-corrected chi connectivity index (χ0v) is 17.8. The Hall–Kier alpha value is -2.87. The number of carbonyl (C=O) groups excluding carboxylic acids is 1. The lowest BCUT2D eigenvalue weighted by Crippen LogP contribution is -2.35. The van der Waals surface area contributed by atoms with Crippen molar-refractivity contribution in [2.75, 3.05) is 16.8 Å². The molecule has 0 saturated carbocycles. The molecule has 1 amide bonds. The lowest BCUT2D eigenvalue weighted by Gasteiger charge is -2.27. The van der Waals surface area contributed by atoms with Gasteiger partial charge in [-0.1, -0.05) is 31.2 Å². The summed E-state index contributed by atoms with van der Waals surface area (Å²) in [4.78, 5) is 19.0. The number of halogens is 2. The van der Waals surface area contributed by atoms with Crippen LogP contribution in [0.4, 0.5) is 19.6 Å². The molecule has 1 atom stereocenters. The number of rotatable bonds is 9. The predicted octanol–water partition coefficient (Wildman–Crippen LogP) is 5.04. The van der Waals surface area contributed by atoms with Crippen LogP contribution in [0.1, 0.15) is 38.1 Å². The number of carbonyl (C=O) groups is 1. The molecule has 2 aromatic carbocycles. The van der Waals surface area contributed by atoms with Crippen molar-refractivity contribution in [1.29, 1.82) is 0 Å². The van der Waals surface area contributed by atoms with Gasteiger partial charge in [-0.3, -0.25) is 4.79 Å². The van der Waals surface area contributed by atoms with Gasteiger partial charge >= 0.3 is 0 Å². The molecular formula is C22H24F2N4OS. The molecule has 1 N–H and O–H groups in total. The summed E-state index contributed by atoms with van der Waals surface area (Å²) in [7, 11) is 0. The van der Waals surface area contributed by atoms with Gasteiger partial charge in [0.15, 0.2) is 0 Å². The van der Waals surface area contributed by atoms with E-state index >= 15 is 0 Å². The first-order chi connectivity index (χ1) is 14.5. The highest BCUT2D eigenvalue weighted by Crippen LogP contribution is 2.23. The van der Waals surface area contributed by atoms with E-state index in [1.165, 1.54) is 35.8 Å². The van der Waals surface area contributed by atoms with Crippen LogP contribution >= 0.6 is 11.5 Å². The zero-order valence-electron chi connectivity index (χ0n) is 16.9. The van der Waals surface area contributed by atoms with E-state index in [2.05, 4.69) is 28.5 Å². The molecule has 3 aromatic rings. The van der Waals surface area contributed by atoms with E-state index in [0.717, 1.165) is 17.1 Å². The van der Waals surface area contributed by atoms with E-state index in [0.29, 0.717) is 18.8 Å². The highest BCUT2D eigenvalue weighted by Gasteiger charge is 2.19. The Morgan fingerprint density at radius 2 is 1.90 bits per heavy atom. The van der Waals surface area contributed by atoms with E-state index < -0.39 is 5.82 Å². The summed E-state index contributed by atoms with van der Waals surface area (Å²) >= 11 is 1.28. The second-order valence-electron chi connectivity index (χ2n) is 7.03. The highest BCUT2D eigenvalue weighted by atomic mass is 32.1. The fourth-order valence-electron chi connectivity index (χ4n) is 2.94. The van der Waals surface area contributed by atoms with Crippen LogP contribution in [0.15, 0.2) is 48.5 Å². The van der Waals surface area contributed by atoms with Gasteiger partial charge in [0.2, 0.25) is 11.0 Å². The minimum Gasteiger partial charge on any atom is -0.344 e. The molecule has 3 rings (SSSR count). The van der Waals surface area contributed by atoms with Crippen molar-refractivity contribution in [1.82, 2.24) is 9.36 Å². The van der Waals surface area contributed by atoms with Gasteiger partial charge in [0, 0.05) is 37.0 Å². The van der Waals surface area contributed by atoms with Gasteiger partial charge < -0.3 is 10.2 Å². The first-order valence-electron chi connectivity index (χ1n) is 9.84. The Morgan fingerprint density at radius 3 is 2.60 bits per heavy atom. The van der Waals surface area contributed by atoms with Crippen LogP contribution in [0, 0.1) is 11.6 Å². The molecule has 0 spiro atoms. The second-order valence-corrected chi connectivity index (χ2v) is 7.76. The Bertz CT molecular complexity index is 977. The van der Waals surface area contributed by atoms with Crippen LogP contribution < -0.4 is 10.2 Å². The molecule has 0 fully saturated rings. The van der Waals surface area contributed by atoms with Crippen LogP contribution in [-0.2, 0) is 11.2 Å². The molecule has 0 bridgehead atoms. The molecule has 0 aliphatic heterocycles. The third kappa shape index (κ3) is 5.82. The fourth-order valence-corrected chi connectivity index (χ4v) is 3.75. The topological polar surface area (TPSA) is 58.1 Å². The Kier molecular flexibility index (Phi) is 7.46. The summed E-state index contributed by atoms with van der Waals surface area (Å²) in [6.07, 6.45) is 1.59. The number of hydrogen-bond acceptors (Lipinski definition) is 5. The maximum atomic E-state index is 13.7. The van der Waals surface area contributed by atoms with Gasteiger partial charge in [0.1, 0.15) is 17.5 Å². The predicted molar refractivity (Wildman–Crippen MR) is 116 cm³/mol. The summed E-state index contributed by atoms with van der Waals surface area (Å²) in [6.45, 7) is 4.58. The van der Waals surface area contributed by atoms with E-state index in [1.807, 2.05) is 4.90 Å². The van der Waals surface area contributed by atoms with Gasteiger partial charge in [-0.15, -0.1) is 0 Å². The van der Waals surface area contributed by atoms with Crippen LogP contribution in [0.2, 0.25) is 0 Å². The van der Waals surface area contributed by atoms with Gasteiger partial charge in [0.25, 0.3) is 0 Å². The van der Waals surface area contributed by atoms with E-state index in [4.69, 9.17) is 0 Å². The van der Waals surface area contributed by atoms with Crippen LogP contribution in [0.25, 0.3) is 0 Å². The van der Waals surface area contributed by atoms with Crippen molar-refractivity contribution in [3.8, 4) is 0 Å². The molecule has 30 heavy (non-hydrogen) atoms. The van der Waals surface area contributed by atoms with Crippen LogP contribution in [0.3, 0.4) is 0 Å². The molecule has 0 aliphatic carbocycles. The Labute approximate surface area is 178 Å². The number of para-hydroxylation sites is 1. The summed E-state index contributed by atoms with van der Waals surface area (Å²) < 4.78 is 31.2. The van der Waals surface area contributed by atoms with E-state index in [-0.39, 0.29) is 29.9 Å². The zero-order chi connectivity index (χ0) is 21.5. The van der Waals surface area contributed by atoms with Crippen LogP contribution in [-0.4, -0.2) is 27.9 Å². The maximum absolute atomic E-state index is 13.7. The van der Waals surface area contributed by atoms with Gasteiger partial charge in [0.05, 0.1) is 5.69 Å². The fraction of sp³-hybridized carbons (Fsp3) is 0.318. The van der Waals surface area contributed by atoms with Crippen LogP contribution in [0.5, 0.6) is 0 Å². The third-order valence-electron chi connectivity index (χ3n) is 4.83. The molecule has 1 unspecified atom stereocenters. The normalized spacial score (nSPS) is 11.9. The Balaban J connectivity index is 1.64. The quantitative estimate of drug-likeness (QED) is 0.517. The molecule has 0 saturated heterocycles. The molecule has 0 radical (unpaired) electrons. The van der Waals surface area contributed by atoms with Gasteiger partial charge in [-0.05, 0) is 43.2 Å². The smallest absolute Gasteiger partial charge is 0.226 e. The average Bonchev–Trinajstić information content (AvgIpc) is 3.19. The number of anilines is 2. The van der Waals surface area contributed by atoms with Crippen molar-refractivity contribution < 1.29 is 13.6 Å². The molecule has 5 nitrogen and oxygen atoms in total. The molecule has 0 aliphatic rings. The lowest BCUT2D eigenvalue weighted by molar-refractivity contribution is -0.116. The SMILES string of the molecule is CCC(C)N(CCC(=O)Nc1ccccc1F)c1nc(Cc2ccc(F)cc2)ns1. The first-order valence-corrected chi connectivity index (χ1v) is 10.6. The summed E-state index contributed by atoms with van der Waals surface area (Å²) in [5, 5.41) is 3.35. The lowest BCUT2D eigenvalue weighted by atomic mass is 10.1. The highest BCUT2D eigenvalue weighted by molar-refractivity contribution is 7.09. The van der Waals surface area contributed by atoms with Crippen molar-refractivity contribution >= 4 is 28.3 Å². The first kappa shape index (κ1) is 21.8. The molecule has 8 heteroatoms. The van der Waals surface area contributed by atoms with E-state index in [9.17, 15) is 13.6 Å². The molecule has 1 aromatic heterocycles. The van der Waals surface area contributed by atoms with E-state index in [1.54, 1.807) is 24.3 Å². The van der Waals surface area contributed by atoms with Gasteiger partial charge in [-0.25, -0.2) is 13.8 Å². The minimum absolute atomic E-state index is 0.165. The summed E-state index contributed by atoms with van der Waals surface area (Å²) in [6, 6.07) is 12.5. The summed E-state index contributed by atoms with van der Waals surface area (Å²) in [5.74, 6) is -0.336. The standard InChI is InChI=1S/C22H24F2N4OS/c1-3-15(2)28(13-12-21(29)25-19-7-5-4-6-18(19)24)22-26-20(27-30-22)14-16-8-10-17(23)11-9-16/h4-11,15H,3,12-14H2,1-2H3,(H,25,29). The van der Waals surface area contributed by atoms with Crippen molar-refractivity contribution in [3.05, 3.63) is 71.6 Å². The molecule has 158 valence electrons.